The van der Waals surface area contributed by atoms with Gasteiger partial charge in [0.15, 0.2) is 11.7 Å². The lowest BCUT2D eigenvalue weighted by atomic mass is 9.80. The molecule has 2 aromatic heterocycles. The van der Waals surface area contributed by atoms with Crippen molar-refractivity contribution >= 4 is 35.0 Å². The Morgan fingerprint density at radius 2 is 2.12 bits per heavy atom. The molecule has 1 unspecified atom stereocenters. The van der Waals surface area contributed by atoms with Gasteiger partial charge in [0.05, 0.1) is 35.2 Å². The standard InChI is InChI=1S/C22H22FN5O6/c1-9-6-28-18(10(2)33-9)14(21(30)26-22(31)24-8-29)5-12-4-13-17(15-7-32-11(3)25-15)27-34-20(13)16(23)19(12)28/h4,7-10,14,18H,5-6H2,1-3H3,(H2,24,26,29,30,31)/t9-,10+,14?,18-/m1/s1. The summed E-state index contributed by atoms with van der Waals surface area (Å²) >= 11 is 0. The van der Waals surface area contributed by atoms with Crippen LogP contribution in [0.25, 0.3) is 22.4 Å². The number of imide groups is 2. The third-order valence-electron chi connectivity index (χ3n) is 6.26. The van der Waals surface area contributed by atoms with Crippen molar-refractivity contribution in [3.05, 3.63) is 29.6 Å². The van der Waals surface area contributed by atoms with Crippen LogP contribution in [-0.2, 0) is 20.7 Å². The summed E-state index contributed by atoms with van der Waals surface area (Å²) in [6, 6.07) is 0.260. The highest BCUT2D eigenvalue weighted by Gasteiger charge is 2.47. The van der Waals surface area contributed by atoms with Crippen molar-refractivity contribution in [3.8, 4) is 11.4 Å². The zero-order chi connectivity index (χ0) is 24.1. The van der Waals surface area contributed by atoms with Crippen molar-refractivity contribution in [1.82, 2.24) is 20.8 Å². The van der Waals surface area contributed by atoms with Crippen molar-refractivity contribution in [2.75, 3.05) is 11.4 Å². The van der Waals surface area contributed by atoms with Crippen molar-refractivity contribution in [1.29, 1.82) is 0 Å². The first kappa shape index (κ1) is 22.0. The van der Waals surface area contributed by atoms with Crippen molar-refractivity contribution in [3.63, 3.8) is 0 Å². The van der Waals surface area contributed by atoms with Gasteiger partial charge in [0.2, 0.25) is 17.9 Å². The predicted molar refractivity (Wildman–Crippen MR) is 115 cm³/mol. The number of urea groups is 1. The Morgan fingerprint density at radius 1 is 1.32 bits per heavy atom. The minimum absolute atomic E-state index is 0.0202. The normalized spacial score (nSPS) is 23.8. The zero-order valence-electron chi connectivity index (χ0n) is 18.6. The molecule has 2 N–H and O–H groups in total. The topological polar surface area (TPSA) is 140 Å². The van der Waals surface area contributed by atoms with Gasteiger partial charge < -0.3 is 18.6 Å². The van der Waals surface area contributed by atoms with E-state index in [0.717, 1.165) is 0 Å². The monoisotopic (exact) mass is 471 g/mol. The van der Waals surface area contributed by atoms with E-state index in [-0.39, 0.29) is 24.5 Å². The number of rotatable bonds is 3. The lowest BCUT2D eigenvalue weighted by molar-refractivity contribution is -0.128. The Bertz CT molecular complexity index is 1300. The van der Waals surface area contributed by atoms with Gasteiger partial charge in [0.25, 0.3) is 0 Å². The molecule has 5 rings (SSSR count). The molecule has 1 aromatic carbocycles. The fourth-order valence-electron chi connectivity index (χ4n) is 5.03. The Labute approximate surface area is 192 Å². The Morgan fingerprint density at radius 3 is 2.82 bits per heavy atom. The van der Waals surface area contributed by atoms with Gasteiger partial charge in [0, 0.05) is 13.5 Å². The molecule has 1 fully saturated rings. The van der Waals surface area contributed by atoms with Gasteiger partial charge in [0.1, 0.15) is 17.7 Å². The van der Waals surface area contributed by atoms with Crippen molar-refractivity contribution < 1.29 is 32.5 Å². The lowest BCUT2D eigenvalue weighted by Crippen LogP contribution is -2.62. The van der Waals surface area contributed by atoms with Crippen LogP contribution in [0.5, 0.6) is 0 Å². The molecule has 2 aliphatic rings. The maximum absolute atomic E-state index is 15.9. The molecule has 0 spiro atoms. The number of oxazole rings is 1. The molecule has 4 amide bonds. The van der Waals surface area contributed by atoms with Gasteiger partial charge in [-0.25, -0.2) is 14.2 Å². The van der Waals surface area contributed by atoms with E-state index >= 15 is 4.39 Å². The summed E-state index contributed by atoms with van der Waals surface area (Å²) < 4.78 is 32.4. The number of morpholine rings is 1. The average Bonchev–Trinajstić information content (AvgIpc) is 3.39. The van der Waals surface area contributed by atoms with Crippen LogP contribution >= 0.6 is 0 Å². The van der Waals surface area contributed by atoms with Crippen molar-refractivity contribution in [2.45, 2.75) is 45.4 Å². The fraction of sp³-hybridized carbons (Fsp3) is 0.409. The van der Waals surface area contributed by atoms with Gasteiger partial charge in [-0.3, -0.25) is 20.2 Å². The first-order valence-corrected chi connectivity index (χ1v) is 10.8. The SMILES string of the molecule is Cc1nc(-c2noc3c(F)c4c(cc23)CC(C(=O)NC(=O)NC=O)[C@H]2[C@H](C)O[C@H](C)CN42)co1. The van der Waals surface area contributed by atoms with E-state index in [0.29, 0.717) is 40.5 Å². The van der Waals surface area contributed by atoms with Gasteiger partial charge in [-0.1, -0.05) is 5.16 Å². The molecule has 4 atom stereocenters. The number of halogens is 1. The third-order valence-corrected chi connectivity index (χ3v) is 6.26. The molecule has 0 saturated carbocycles. The second-order valence-corrected chi connectivity index (χ2v) is 8.54. The van der Waals surface area contributed by atoms with E-state index in [1.165, 1.54) is 6.26 Å². The highest BCUT2D eigenvalue weighted by molar-refractivity contribution is 6.00. The Hall–Kier alpha value is -3.80. The predicted octanol–water partition coefficient (Wildman–Crippen LogP) is 2.07. The quantitative estimate of drug-likeness (QED) is 0.549. The highest BCUT2D eigenvalue weighted by atomic mass is 19.1. The molecule has 0 bridgehead atoms. The van der Waals surface area contributed by atoms with E-state index in [1.807, 2.05) is 12.2 Å². The van der Waals surface area contributed by atoms with Crippen LogP contribution in [-0.4, -0.2) is 53.3 Å². The third kappa shape index (κ3) is 3.50. The number of hydrogen-bond acceptors (Lipinski definition) is 9. The molecule has 12 heteroatoms. The summed E-state index contributed by atoms with van der Waals surface area (Å²) in [7, 11) is 0. The van der Waals surface area contributed by atoms with E-state index in [1.54, 1.807) is 24.8 Å². The molecule has 4 heterocycles. The Kier molecular flexibility index (Phi) is 5.31. The summed E-state index contributed by atoms with van der Waals surface area (Å²) in [5.41, 5.74) is 1.58. The minimum Gasteiger partial charge on any atom is -0.449 e. The lowest BCUT2D eigenvalue weighted by Gasteiger charge is -2.50. The molecule has 34 heavy (non-hydrogen) atoms. The number of aromatic nitrogens is 2. The molecule has 3 aromatic rings. The second kappa shape index (κ2) is 8.20. The van der Waals surface area contributed by atoms with Crippen LogP contribution in [0, 0.1) is 18.7 Å². The average molecular weight is 471 g/mol. The number of anilines is 1. The number of carbonyl (C=O) groups is 3. The van der Waals surface area contributed by atoms with Crippen LogP contribution in [0.1, 0.15) is 25.3 Å². The maximum atomic E-state index is 15.9. The number of fused-ring (bicyclic) bond motifs is 4. The number of ether oxygens (including phenoxy) is 1. The number of aryl methyl sites for hydroxylation is 1. The second-order valence-electron chi connectivity index (χ2n) is 8.54. The van der Waals surface area contributed by atoms with Crippen molar-refractivity contribution in [2.24, 2.45) is 5.92 Å². The summed E-state index contributed by atoms with van der Waals surface area (Å²) in [5.74, 6) is -1.51. The smallest absolute Gasteiger partial charge is 0.327 e. The molecular weight excluding hydrogens is 449 g/mol. The van der Waals surface area contributed by atoms with E-state index in [4.69, 9.17) is 13.7 Å². The minimum atomic E-state index is -0.931. The number of amides is 4. The molecule has 11 nitrogen and oxygen atoms in total. The molecule has 1 saturated heterocycles. The summed E-state index contributed by atoms with van der Waals surface area (Å²) in [6.45, 7) is 5.68. The maximum Gasteiger partial charge on any atom is 0.327 e. The molecule has 0 aliphatic carbocycles. The summed E-state index contributed by atoms with van der Waals surface area (Å²) in [4.78, 5) is 41.5. The van der Waals surface area contributed by atoms with E-state index in [2.05, 4.69) is 15.5 Å². The number of carbonyl (C=O) groups excluding carboxylic acids is 3. The van der Waals surface area contributed by atoms with Crippen LogP contribution in [0.3, 0.4) is 0 Å². The van der Waals surface area contributed by atoms with Gasteiger partial charge in [-0.15, -0.1) is 0 Å². The van der Waals surface area contributed by atoms with E-state index < -0.39 is 35.8 Å². The Balaban J connectivity index is 1.62. The number of nitrogens with one attached hydrogen (secondary N) is 2. The zero-order valence-corrected chi connectivity index (χ0v) is 18.6. The largest absolute Gasteiger partial charge is 0.449 e. The van der Waals surface area contributed by atoms with Gasteiger partial charge >= 0.3 is 6.03 Å². The molecular formula is C22H22FN5O6. The molecule has 178 valence electrons. The van der Waals surface area contributed by atoms with Crippen LogP contribution in [0.4, 0.5) is 14.9 Å². The number of nitrogens with zero attached hydrogens (tertiary/aromatic N) is 3. The van der Waals surface area contributed by atoms with Crippen LogP contribution in [0.2, 0.25) is 0 Å². The van der Waals surface area contributed by atoms with Crippen LogP contribution < -0.4 is 15.5 Å². The van der Waals surface area contributed by atoms with Gasteiger partial charge in [-0.2, -0.15) is 0 Å². The molecule has 0 radical (unpaired) electrons. The summed E-state index contributed by atoms with van der Waals surface area (Å²) in [6.07, 6.45) is 1.07. The van der Waals surface area contributed by atoms with E-state index in [9.17, 15) is 14.4 Å². The number of benzene rings is 1. The fourth-order valence-corrected chi connectivity index (χ4v) is 5.03. The summed E-state index contributed by atoms with van der Waals surface area (Å²) in [5, 5.41) is 8.48. The first-order chi connectivity index (χ1) is 16.3. The number of hydrogen-bond donors (Lipinski definition) is 2. The highest BCUT2D eigenvalue weighted by Crippen LogP contribution is 2.44. The van der Waals surface area contributed by atoms with Gasteiger partial charge in [-0.05, 0) is 31.9 Å². The molecule has 2 aliphatic heterocycles. The van der Waals surface area contributed by atoms with Crippen LogP contribution in [0.15, 0.2) is 21.3 Å². The first-order valence-electron chi connectivity index (χ1n) is 10.8.